The number of alkyl halides is 2. The lowest BCUT2D eigenvalue weighted by Crippen LogP contribution is -2.56. The fraction of sp³-hybridized carbons (Fsp3) is 0.486. The Labute approximate surface area is 603 Å². The van der Waals surface area contributed by atoms with E-state index in [0.29, 0.717) is 135 Å². The summed E-state index contributed by atoms with van der Waals surface area (Å²) in [6.07, 6.45) is 0.101. The maximum absolute atomic E-state index is 15.6. The van der Waals surface area contributed by atoms with Crippen molar-refractivity contribution in [2.75, 3.05) is 91.0 Å². The van der Waals surface area contributed by atoms with Gasteiger partial charge in [-0.3, -0.25) is 33.7 Å². The minimum atomic E-state index is -2.07. The zero-order chi connectivity index (χ0) is 72.8. The molecule has 0 spiro atoms. The Morgan fingerprint density at radius 3 is 2.20 bits per heavy atom. The minimum absolute atomic E-state index is 0.0187. The fourth-order valence-corrected chi connectivity index (χ4v) is 13.6. The van der Waals surface area contributed by atoms with Crippen LogP contribution in [-0.4, -0.2) is 181 Å². The fourth-order valence-electron chi connectivity index (χ4n) is 12.7. The van der Waals surface area contributed by atoms with Crippen molar-refractivity contribution in [3.05, 3.63) is 127 Å². The Morgan fingerprint density at radius 2 is 1.51 bits per heavy atom. The number of hydrogen-bond donors (Lipinski definition) is 8. The van der Waals surface area contributed by atoms with E-state index in [0.717, 1.165) is 11.4 Å². The van der Waals surface area contributed by atoms with Crippen LogP contribution in [-0.2, 0) is 99.6 Å². The molecule has 8 amide bonds. The number of cyclic esters (lactones) is 1. The lowest BCUT2D eigenvalue weighted by Gasteiger charge is -2.36. The molecule has 1 aliphatic carbocycles. The number of rotatable bonds is 33. The van der Waals surface area contributed by atoms with Crippen molar-refractivity contribution >= 4 is 107 Å². The number of nitrogens with zero attached hydrogens (tertiary/aromatic N) is 5. The quantitative estimate of drug-likeness (QED) is 0.0147. The first-order valence-electron chi connectivity index (χ1n) is 33.8. The molecule has 9 N–H and O–H groups in total. The molecule has 102 heavy (non-hydrogen) atoms. The lowest BCUT2D eigenvalue weighted by atomic mass is 9.81. The molecule has 3 aromatic carbocycles. The molecule has 3 aliphatic heterocycles. The van der Waals surface area contributed by atoms with Crippen LogP contribution in [0.1, 0.15) is 120 Å². The van der Waals surface area contributed by atoms with Gasteiger partial charge in [0.05, 0.1) is 124 Å². The largest absolute Gasteiger partial charge is 0.458 e. The molecule has 4 aliphatic rings. The van der Waals surface area contributed by atoms with Crippen LogP contribution in [0.2, 0.25) is 0 Å². The summed E-state index contributed by atoms with van der Waals surface area (Å²) >= 11 is 6.87. The summed E-state index contributed by atoms with van der Waals surface area (Å²) in [5.74, 6) is -4.21. The summed E-state index contributed by atoms with van der Waals surface area (Å²) in [5.41, 5.74) is 10.6. The van der Waals surface area contributed by atoms with Crippen molar-refractivity contribution in [1.29, 1.82) is 0 Å². The molecule has 29 nitrogen and oxygen atoms in total. The van der Waals surface area contributed by atoms with Crippen LogP contribution in [0.5, 0.6) is 0 Å². The monoisotopic (exact) mass is 1540 g/mol. The molecule has 5 atom stereocenters. The predicted octanol–water partition coefficient (Wildman–Crippen LogP) is 5.30. The second-order valence-corrected chi connectivity index (χ2v) is 26.4. The number of fused-ring (bicyclic) bond motifs is 6. The Hall–Kier alpha value is -8.63. The SMILES string of the molecule is CC[C@@]1(O)C(=O)OCc2c1cc1n(c2=O)Cc2c-1nc1cc(F)c(C)c3c1c2[C@@H](NC(=O)C1COCCN1C(=O)OCc1ccc(NC(=O)[C@H](CCCNC(N)=O)NC(=O)[C@@H](NC(=O)CCOCCOCCOCCOCCNC(=O)c2ccc4nc(CBr)c(CBr)nc4c2)C(C)C)cc1)CC3. The van der Waals surface area contributed by atoms with E-state index in [9.17, 15) is 48.3 Å². The molecular formula is C70H83Br2FN12O17. The number of pyridine rings is 2. The van der Waals surface area contributed by atoms with Crippen LogP contribution in [0.25, 0.3) is 33.3 Å². The molecule has 3 aromatic heterocycles. The van der Waals surface area contributed by atoms with Crippen LogP contribution < -0.4 is 43.2 Å². The summed E-state index contributed by atoms with van der Waals surface area (Å²) in [5, 5.41) is 30.0. The van der Waals surface area contributed by atoms with Crippen LogP contribution in [0, 0.1) is 18.7 Å². The van der Waals surface area contributed by atoms with Gasteiger partial charge in [-0.15, -0.1) is 0 Å². The van der Waals surface area contributed by atoms with Crippen LogP contribution in [0.3, 0.4) is 0 Å². The highest BCUT2D eigenvalue weighted by Crippen LogP contribution is 2.46. The van der Waals surface area contributed by atoms with Crippen molar-refractivity contribution < 1.29 is 81.0 Å². The van der Waals surface area contributed by atoms with Gasteiger partial charge in [-0.2, -0.15) is 0 Å². The van der Waals surface area contributed by atoms with E-state index in [1.54, 1.807) is 76.2 Å². The number of aliphatic hydroxyl groups is 1. The number of esters is 1. The van der Waals surface area contributed by atoms with Crippen LogP contribution in [0.15, 0.2) is 59.4 Å². The van der Waals surface area contributed by atoms with E-state index < -0.39 is 88.8 Å². The van der Waals surface area contributed by atoms with Crippen molar-refractivity contribution in [3.8, 4) is 11.4 Å². The van der Waals surface area contributed by atoms with Gasteiger partial charge in [-0.1, -0.05) is 64.8 Å². The zero-order valence-electron chi connectivity index (χ0n) is 57.0. The number of urea groups is 1. The summed E-state index contributed by atoms with van der Waals surface area (Å²) in [7, 11) is 0. The van der Waals surface area contributed by atoms with E-state index in [2.05, 4.69) is 73.7 Å². The van der Waals surface area contributed by atoms with Gasteiger partial charge in [0.15, 0.2) is 5.60 Å². The van der Waals surface area contributed by atoms with E-state index in [1.165, 1.54) is 15.5 Å². The maximum Gasteiger partial charge on any atom is 0.410 e. The summed E-state index contributed by atoms with van der Waals surface area (Å²) < 4.78 is 56.2. The number of aryl methyl sites for hydroxylation is 1. The van der Waals surface area contributed by atoms with E-state index in [1.807, 2.05) is 0 Å². The lowest BCUT2D eigenvalue weighted by molar-refractivity contribution is -0.172. The molecule has 1 unspecified atom stereocenters. The van der Waals surface area contributed by atoms with Crippen LogP contribution >= 0.6 is 31.9 Å². The van der Waals surface area contributed by atoms with Gasteiger partial charge >= 0.3 is 18.1 Å². The zero-order valence-corrected chi connectivity index (χ0v) is 60.2. The number of aromatic nitrogens is 4. The topological polar surface area (TPSA) is 384 Å². The average molecular weight is 1540 g/mol. The minimum Gasteiger partial charge on any atom is -0.458 e. The Balaban J connectivity index is 0.652. The van der Waals surface area contributed by atoms with Gasteiger partial charge in [0.2, 0.25) is 23.6 Å². The Morgan fingerprint density at radius 1 is 0.814 bits per heavy atom. The third-order valence-corrected chi connectivity index (χ3v) is 19.3. The van der Waals surface area contributed by atoms with E-state index in [4.69, 9.17) is 43.9 Å². The highest BCUT2D eigenvalue weighted by molar-refractivity contribution is 9.09. The number of morpholine rings is 1. The molecule has 10 rings (SSSR count). The first kappa shape index (κ1) is 76.0. The third-order valence-electron chi connectivity index (χ3n) is 18.3. The molecular weight excluding hydrogens is 1460 g/mol. The predicted molar refractivity (Wildman–Crippen MR) is 376 cm³/mol. The summed E-state index contributed by atoms with van der Waals surface area (Å²) in [6.45, 7) is 8.66. The Kier molecular flexibility index (Phi) is 26.1. The number of primary amides is 1. The number of hydrogen-bond acceptors (Lipinski definition) is 20. The smallest absolute Gasteiger partial charge is 0.410 e. The van der Waals surface area contributed by atoms with Gasteiger partial charge in [-0.25, -0.2) is 33.7 Å². The highest BCUT2D eigenvalue weighted by Gasteiger charge is 2.46. The average Bonchev–Trinajstić information content (AvgIpc) is 1.51. The molecule has 1 fully saturated rings. The van der Waals surface area contributed by atoms with Crippen molar-refractivity contribution in [2.45, 2.75) is 126 Å². The normalized spacial score (nSPS) is 17.2. The van der Waals surface area contributed by atoms with Gasteiger partial charge in [0.1, 0.15) is 37.2 Å². The number of halogens is 3. The van der Waals surface area contributed by atoms with Crippen LogP contribution in [0.4, 0.5) is 19.7 Å². The van der Waals surface area contributed by atoms with E-state index >= 15 is 4.39 Å². The first-order valence-corrected chi connectivity index (χ1v) is 36.0. The molecule has 6 heterocycles. The molecule has 6 aromatic rings. The van der Waals surface area contributed by atoms with Gasteiger partial charge in [0, 0.05) is 70.5 Å². The number of anilines is 1. The number of ether oxygens (including phenoxy) is 7. The second kappa shape index (κ2) is 35.0. The first-order chi connectivity index (χ1) is 49.1. The third kappa shape index (κ3) is 17.9. The number of nitrogens with two attached hydrogens (primary N) is 1. The molecule has 546 valence electrons. The highest BCUT2D eigenvalue weighted by atomic mass is 79.9. The molecule has 1 saturated heterocycles. The van der Waals surface area contributed by atoms with Crippen molar-refractivity contribution in [2.24, 2.45) is 11.7 Å². The van der Waals surface area contributed by atoms with Crippen molar-refractivity contribution in [1.82, 2.24) is 51.0 Å². The molecule has 0 saturated carbocycles. The van der Waals surface area contributed by atoms with Gasteiger partial charge < -0.3 is 80.5 Å². The maximum atomic E-state index is 15.6. The Bertz CT molecular complexity index is 4210. The number of amides is 8. The number of benzene rings is 3. The number of nitrogens with one attached hydrogen (secondary N) is 6. The second-order valence-electron chi connectivity index (χ2n) is 25.3. The van der Waals surface area contributed by atoms with E-state index in [-0.39, 0.29) is 109 Å². The van der Waals surface area contributed by atoms with Crippen molar-refractivity contribution in [3.63, 3.8) is 0 Å². The molecule has 0 radical (unpaired) electrons. The molecule has 32 heteroatoms. The number of carbonyl (C=O) groups is 8. The van der Waals surface area contributed by atoms with Gasteiger partial charge in [0.25, 0.3) is 11.5 Å². The number of carbonyl (C=O) groups excluding carboxylic acids is 8. The summed E-state index contributed by atoms with van der Waals surface area (Å²) in [4.78, 5) is 136. The van der Waals surface area contributed by atoms with Gasteiger partial charge in [-0.05, 0) is 104 Å². The molecule has 0 bridgehead atoms. The summed E-state index contributed by atoms with van der Waals surface area (Å²) in [6, 6.07) is 9.73. The standard InChI is InChI=1S/C70H83Br2FN12O17/c1-5-70(95)46-30-55-61-44(34-85(55)66(91)45(46)36-101-67(70)92)59-49(15-13-43-39(4)47(73)31-52(80-61)58(43)59)81-64(89)56-37-100-22-19-84(56)69(94)102-35-40-8-11-42(12-9-40)77-63(88)50(7-6-17-76-68(74)93)82-65(90)60(38(2)3)83-57(86)16-20-96-23-25-98-27-28-99-26-24-97-21-18-75-62(87)41-10-14-48-51(29-41)79-54(33-72)53(32-71)78-48/h8-12,14,29-31,38,49-50,56,60,95H,5-7,13,15-28,32-37H2,1-4H3,(H,75,87)(H,77,88)(H,81,89)(H,82,90)(H,83,86)(H3,74,76,93)/t49-,50-,56?,60-,70-/m0/s1.